The van der Waals surface area contributed by atoms with Crippen LogP contribution in [0.5, 0.6) is 0 Å². The van der Waals surface area contributed by atoms with Gasteiger partial charge in [-0.15, -0.1) is 0 Å². The van der Waals surface area contributed by atoms with Crippen molar-refractivity contribution in [1.82, 2.24) is 5.32 Å². The summed E-state index contributed by atoms with van der Waals surface area (Å²) in [5, 5.41) is 3.14. The van der Waals surface area contributed by atoms with Crippen molar-refractivity contribution in [3.8, 4) is 0 Å². The van der Waals surface area contributed by atoms with Crippen LogP contribution in [0.2, 0.25) is 0 Å². The monoisotopic (exact) mass is 315 g/mol. The molecule has 1 saturated heterocycles. The molecule has 0 bridgehead atoms. The SMILES string of the molecule is C[C@@H](C(=O)NC1CC1)[NH+]1CC[NH+](C/C=C/c2ccccc2)CC1. The maximum absolute atomic E-state index is 12.2. The third-order valence-corrected chi connectivity index (χ3v) is 5.05. The van der Waals surface area contributed by atoms with Crippen molar-refractivity contribution in [3.63, 3.8) is 0 Å². The highest BCUT2D eigenvalue weighted by Gasteiger charge is 2.33. The number of nitrogens with one attached hydrogen (secondary N) is 3. The predicted octanol–water partition coefficient (Wildman–Crippen LogP) is -0.850. The molecule has 3 rings (SSSR count). The summed E-state index contributed by atoms with van der Waals surface area (Å²) < 4.78 is 0. The third-order valence-electron chi connectivity index (χ3n) is 5.05. The van der Waals surface area contributed by atoms with E-state index < -0.39 is 0 Å². The average molecular weight is 315 g/mol. The van der Waals surface area contributed by atoms with Crippen LogP contribution in [0, 0.1) is 0 Å². The minimum absolute atomic E-state index is 0.0945. The van der Waals surface area contributed by atoms with E-state index in [4.69, 9.17) is 0 Å². The minimum Gasteiger partial charge on any atom is -0.348 e. The van der Waals surface area contributed by atoms with E-state index in [9.17, 15) is 4.79 Å². The zero-order chi connectivity index (χ0) is 16.1. The van der Waals surface area contributed by atoms with Gasteiger partial charge in [-0.05, 0) is 31.4 Å². The summed E-state index contributed by atoms with van der Waals surface area (Å²) in [7, 11) is 0. The molecule has 1 aromatic rings. The van der Waals surface area contributed by atoms with Gasteiger partial charge in [-0.2, -0.15) is 0 Å². The van der Waals surface area contributed by atoms with Gasteiger partial charge in [0.05, 0.1) is 6.54 Å². The van der Waals surface area contributed by atoms with Crippen LogP contribution in [0.1, 0.15) is 25.3 Å². The van der Waals surface area contributed by atoms with Crippen molar-refractivity contribution < 1.29 is 14.6 Å². The summed E-state index contributed by atoms with van der Waals surface area (Å²) in [6.07, 6.45) is 6.82. The molecular weight excluding hydrogens is 286 g/mol. The van der Waals surface area contributed by atoms with Crippen molar-refractivity contribution in [3.05, 3.63) is 42.0 Å². The molecule has 0 spiro atoms. The maximum atomic E-state index is 12.2. The van der Waals surface area contributed by atoms with Crippen LogP contribution in [0.4, 0.5) is 0 Å². The molecule has 1 heterocycles. The molecule has 23 heavy (non-hydrogen) atoms. The van der Waals surface area contributed by atoms with Gasteiger partial charge in [0.1, 0.15) is 26.2 Å². The molecule has 1 amide bonds. The normalized spacial score (nSPS) is 26.1. The Labute approximate surface area is 139 Å². The summed E-state index contributed by atoms with van der Waals surface area (Å²) in [6, 6.07) is 11.0. The van der Waals surface area contributed by atoms with Crippen LogP contribution in [0.15, 0.2) is 36.4 Å². The zero-order valence-corrected chi connectivity index (χ0v) is 14.1. The molecule has 0 aromatic heterocycles. The van der Waals surface area contributed by atoms with Crippen molar-refractivity contribution in [2.75, 3.05) is 32.7 Å². The van der Waals surface area contributed by atoms with Gasteiger partial charge in [0, 0.05) is 6.04 Å². The summed E-state index contributed by atoms with van der Waals surface area (Å²) in [4.78, 5) is 15.2. The van der Waals surface area contributed by atoms with Crippen LogP contribution < -0.4 is 15.1 Å². The highest BCUT2D eigenvalue weighted by atomic mass is 16.2. The summed E-state index contributed by atoms with van der Waals surface area (Å²) in [6.45, 7) is 7.63. The molecule has 1 atom stereocenters. The first-order chi connectivity index (χ1) is 11.2. The van der Waals surface area contributed by atoms with E-state index in [0.29, 0.717) is 6.04 Å². The molecule has 0 radical (unpaired) electrons. The van der Waals surface area contributed by atoms with Gasteiger partial charge >= 0.3 is 0 Å². The Bertz CT molecular complexity index is 531. The highest BCUT2D eigenvalue weighted by molar-refractivity contribution is 5.80. The summed E-state index contributed by atoms with van der Waals surface area (Å²) in [5.41, 5.74) is 1.27. The molecule has 1 aliphatic heterocycles. The highest BCUT2D eigenvalue weighted by Crippen LogP contribution is 2.18. The van der Waals surface area contributed by atoms with Crippen LogP contribution in [0.3, 0.4) is 0 Å². The first-order valence-corrected chi connectivity index (χ1v) is 8.92. The van der Waals surface area contributed by atoms with Gasteiger partial charge in [-0.25, -0.2) is 0 Å². The molecule has 0 unspecified atom stereocenters. The van der Waals surface area contributed by atoms with Gasteiger partial charge in [-0.3, -0.25) is 4.79 Å². The first kappa shape index (κ1) is 16.2. The number of hydrogen-bond donors (Lipinski definition) is 3. The van der Waals surface area contributed by atoms with Gasteiger partial charge in [0.2, 0.25) is 0 Å². The zero-order valence-electron chi connectivity index (χ0n) is 14.1. The van der Waals surface area contributed by atoms with Crippen molar-refractivity contribution in [2.45, 2.75) is 31.8 Å². The van der Waals surface area contributed by atoms with E-state index in [-0.39, 0.29) is 11.9 Å². The molecule has 124 valence electrons. The number of piperazine rings is 1. The molecule has 4 nitrogen and oxygen atoms in total. The Kier molecular flexibility index (Phi) is 5.47. The number of hydrogen-bond acceptors (Lipinski definition) is 1. The molecule has 1 saturated carbocycles. The second kappa shape index (κ2) is 7.75. The van der Waals surface area contributed by atoms with Crippen LogP contribution in [-0.4, -0.2) is 50.7 Å². The molecule has 1 aromatic carbocycles. The van der Waals surface area contributed by atoms with Crippen LogP contribution >= 0.6 is 0 Å². The lowest BCUT2D eigenvalue weighted by Crippen LogP contribution is -3.30. The molecule has 1 aliphatic carbocycles. The largest absolute Gasteiger partial charge is 0.348 e. The van der Waals surface area contributed by atoms with E-state index >= 15 is 0 Å². The smallest absolute Gasteiger partial charge is 0.278 e. The standard InChI is InChI=1S/C19H27N3O/c1-16(19(23)20-18-9-10-18)22-14-12-21(13-15-22)11-5-8-17-6-3-2-4-7-17/h2-8,16,18H,9-15H2,1H3,(H,20,23)/p+2/b8-5+/t16-/m0/s1. The number of rotatable bonds is 6. The average Bonchev–Trinajstić information content (AvgIpc) is 3.40. The first-order valence-electron chi connectivity index (χ1n) is 8.92. The lowest BCUT2D eigenvalue weighted by atomic mass is 10.2. The summed E-state index contributed by atoms with van der Waals surface area (Å²) >= 11 is 0. The number of carbonyl (C=O) groups excluding carboxylic acids is 1. The molecule has 2 aliphatic rings. The lowest BCUT2D eigenvalue weighted by Gasteiger charge is -2.32. The van der Waals surface area contributed by atoms with Crippen molar-refractivity contribution in [2.24, 2.45) is 0 Å². The molecular formula is C19H29N3O+2. The minimum atomic E-state index is 0.0945. The fourth-order valence-electron chi connectivity index (χ4n) is 3.23. The van der Waals surface area contributed by atoms with Gasteiger partial charge in [0.15, 0.2) is 6.04 Å². The van der Waals surface area contributed by atoms with Crippen LogP contribution in [0.25, 0.3) is 6.08 Å². The molecule has 3 N–H and O–H groups in total. The topological polar surface area (TPSA) is 38.0 Å². The van der Waals surface area contributed by atoms with Gasteiger partial charge in [0.25, 0.3) is 5.91 Å². The van der Waals surface area contributed by atoms with Gasteiger partial charge < -0.3 is 15.1 Å². The molecule has 4 heteroatoms. The second-order valence-corrected chi connectivity index (χ2v) is 6.93. The van der Waals surface area contributed by atoms with Crippen LogP contribution in [-0.2, 0) is 4.79 Å². The third kappa shape index (κ3) is 4.91. The Morgan fingerprint density at radius 2 is 1.91 bits per heavy atom. The Morgan fingerprint density at radius 3 is 2.57 bits per heavy atom. The fraction of sp³-hybridized carbons (Fsp3) is 0.526. The maximum Gasteiger partial charge on any atom is 0.278 e. The molecule has 2 fully saturated rings. The van der Waals surface area contributed by atoms with Crippen molar-refractivity contribution >= 4 is 12.0 Å². The number of amides is 1. The fourth-order valence-corrected chi connectivity index (χ4v) is 3.23. The van der Waals surface area contributed by atoms with Gasteiger partial charge in [-0.1, -0.05) is 36.4 Å². The van der Waals surface area contributed by atoms with Crippen molar-refractivity contribution in [1.29, 1.82) is 0 Å². The Hall–Kier alpha value is -1.65. The quantitative estimate of drug-likeness (QED) is 0.629. The van der Waals surface area contributed by atoms with E-state index in [0.717, 1.165) is 32.7 Å². The van der Waals surface area contributed by atoms with E-state index in [1.807, 2.05) is 6.07 Å². The second-order valence-electron chi connectivity index (χ2n) is 6.93. The predicted molar refractivity (Wildman–Crippen MR) is 92.4 cm³/mol. The Morgan fingerprint density at radius 1 is 1.22 bits per heavy atom. The summed E-state index contributed by atoms with van der Waals surface area (Å²) in [5.74, 6) is 0.245. The number of carbonyl (C=O) groups is 1. The van der Waals surface area contributed by atoms with E-state index in [1.54, 1.807) is 4.90 Å². The number of quaternary nitrogens is 2. The van der Waals surface area contributed by atoms with E-state index in [1.165, 1.54) is 23.3 Å². The van der Waals surface area contributed by atoms with E-state index in [2.05, 4.69) is 48.7 Å². The number of benzene rings is 1. The lowest BCUT2D eigenvalue weighted by molar-refractivity contribution is -1.02. The Balaban J connectivity index is 1.39.